The van der Waals surface area contributed by atoms with Crippen molar-refractivity contribution in [2.24, 2.45) is 11.7 Å². The SMILES string of the molecule is COc1c(N2CC3CCOC3(CN)C2)c(F)cc2c(=O)c(OC(=O)O)cn(C3CC3)c12. The number of hydrogen-bond acceptors (Lipinski definition) is 7. The van der Waals surface area contributed by atoms with E-state index in [1.165, 1.54) is 13.3 Å². The molecular formula is C21H24FN3O6. The molecular weight excluding hydrogens is 409 g/mol. The van der Waals surface area contributed by atoms with Crippen LogP contribution in [-0.4, -0.2) is 54.8 Å². The average Bonchev–Trinajstić information content (AvgIpc) is 3.40. The number of nitrogens with two attached hydrogens (primary N) is 1. The van der Waals surface area contributed by atoms with Crippen molar-refractivity contribution in [2.45, 2.75) is 30.9 Å². The van der Waals surface area contributed by atoms with Crippen LogP contribution < -0.4 is 25.5 Å². The quantitative estimate of drug-likeness (QED) is 0.689. The van der Waals surface area contributed by atoms with Crippen molar-refractivity contribution < 1.29 is 28.5 Å². The third kappa shape index (κ3) is 3.04. The second kappa shape index (κ2) is 7.10. The lowest BCUT2D eigenvalue weighted by molar-refractivity contribution is 0.0126. The van der Waals surface area contributed by atoms with Gasteiger partial charge in [0.05, 0.1) is 24.2 Å². The Labute approximate surface area is 177 Å². The van der Waals surface area contributed by atoms with Crippen molar-refractivity contribution in [1.29, 1.82) is 0 Å². The lowest BCUT2D eigenvalue weighted by Gasteiger charge is -2.28. The number of hydrogen-bond donors (Lipinski definition) is 2. The van der Waals surface area contributed by atoms with Crippen LogP contribution in [-0.2, 0) is 4.74 Å². The third-order valence-corrected chi connectivity index (χ3v) is 6.67. The van der Waals surface area contributed by atoms with Gasteiger partial charge in [-0.25, -0.2) is 9.18 Å². The molecule has 0 radical (unpaired) electrons. The Balaban J connectivity index is 1.71. The van der Waals surface area contributed by atoms with Crippen LogP contribution in [0.2, 0.25) is 0 Å². The normalized spacial score (nSPS) is 25.1. The molecule has 0 bridgehead atoms. The Morgan fingerprint density at radius 2 is 2.19 bits per heavy atom. The van der Waals surface area contributed by atoms with Gasteiger partial charge in [-0.3, -0.25) is 4.79 Å². The molecule has 3 N–H and O–H groups in total. The Morgan fingerprint density at radius 1 is 1.42 bits per heavy atom. The molecule has 3 fully saturated rings. The first-order chi connectivity index (χ1) is 14.9. The summed E-state index contributed by atoms with van der Waals surface area (Å²) in [5.41, 5.74) is 5.50. The molecule has 9 nitrogen and oxygen atoms in total. The van der Waals surface area contributed by atoms with Crippen LogP contribution in [0.3, 0.4) is 0 Å². The van der Waals surface area contributed by atoms with Gasteiger partial charge >= 0.3 is 6.16 Å². The van der Waals surface area contributed by atoms with Crippen LogP contribution in [0, 0.1) is 11.7 Å². The van der Waals surface area contributed by atoms with Gasteiger partial charge in [-0.15, -0.1) is 0 Å². The van der Waals surface area contributed by atoms with Crippen molar-refractivity contribution in [3.63, 3.8) is 0 Å². The van der Waals surface area contributed by atoms with E-state index in [0.717, 1.165) is 25.3 Å². The highest BCUT2D eigenvalue weighted by Crippen LogP contribution is 2.47. The Bertz CT molecular complexity index is 1130. The van der Waals surface area contributed by atoms with E-state index in [0.29, 0.717) is 31.8 Å². The number of carboxylic acid groups (broad SMARTS) is 1. The van der Waals surface area contributed by atoms with E-state index >= 15 is 4.39 Å². The fraction of sp³-hybridized carbons (Fsp3) is 0.524. The lowest BCUT2D eigenvalue weighted by atomic mass is 9.91. The highest BCUT2D eigenvalue weighted by Gasteiger charge is 2.51. The maximum Gasteiger partial charge on any atom is 0.511 e. The summed E-state index contributed by atoms with van der Waals surface area (Å²) in [6.07, 6.45) is 2.35. The number of benzene rings is 1. The van der Waals surface area contributed by atoms with Crippen LogP contribution in [0.4, 0.5) is 14.9 Å². The third-order valence-electron chi connectivity index (χ3n) is 6.67. The van der Waals surface area contributed by atoms with Gasteiger partial charge in [0.25, 0.3) is 0 Å². The zero-order valence-corrected chi connectivity index (χ0v) is 17.1. The van der Waals surface area contributed by atoms with E-state index in [4.69, 9.17) is 20.3 Å². The van der Waals surface area contributed by atoms with Crippen molar-refractivity contribution in [2.75, 3.05) is 38.3 Å². The van der Waals surface area contributed by atoms with E-state index in [1.807, 2.05) is 4.90 Å². The van der Waals surface area contributed by atoms with Crippen LogP contribution in [0.25, 0.3) is 10.9 Å². The molecule has 2 aliphatic heterocycles. The van der Waals surface area contributed by atoms with Crippen LogP contribution in [0.1, 0.15) is 25.3 Å². The van der Waals surface area contributed by atoms with E-state index in [1.54, 1.807) is 4.57 Å². The fourth-order valence-corrected chi connectivity index (χ4v) is 5.05. The summed E-state index contributed by atoms with van der Waals surface area (Å²) >= 11 is 0. The molecule has 0 spiro atoms. The van der Waals surface area contributed by atoms with E-state index in [-0.39, 0.29) is 34.5 Å². The highest BCUT2D eigenvalue weighted by atomic mass is 19.1. The topological polar surface area (TPSA) is 116 Å². The highest BCUT2D eigenvalue weighted by molar-refractivity contribution is 5.92. The van der Waals surface area contributed by atoms with E-state index in [9.17, 15) is 9.59 Å². The molecule has 10 heteroatoms. The average molecular weight is 433 g/mol. The predicted molar refractivity (Wildman–Crippen MR) is 110 cm³/mol. The molecule has 31 heavy (non-hydrogen) atoms. The number of aromatic nitrogens is 1. The second-order valence-electron chi connectivity index (χ2n) is 8.45. The van der Waals surface area contributed by atoms with Crippen LogP contribution in [0.5, 0.6) is 11.5 Å². The monoisotopic (exact) mass is 433 g/mol. The lowest BCUT2D eigenvalue weighted by Crippen LogP contribution is -2.44. The number of fused-ring (bicyclic) bond motifs is 2. The van der Waals surface area contributed by atoms with Gasteiger partial charge < -0.3 is 34.5 Å². The molecule has 166 valence electrons. The van der Waals surface area contributed by atoms with Gasteiger partial charge in [0.1, 0.15) is 11.3 Å². The summed E-state index contributed by atoms with van der Waals surface area (Å²) in [6, 6.07) is 1.20. The Hall–Kier alpha value is -2.85. The van der Waals surface area contributed by atoms with E-state index < -0.39 is 23.0 Å². The molecule has 1 aliphatic carbocycles. The maximum atomic E-state index is 15.4. The zero-order chi connectivity index (χ0) is 21.9. The molecule has 3 heterocycles. The molecule has 3 aliphatic rings. The van der Waals surface area contributed by atoms with Gasteiger partial charge in [0.2, 0.25) is 5.43 Å². The molecule has 1 aromatic heterocycles. The fourth-order valence-electron chi connectivity index (χ4n) is 5.05. The number of rotatable bonds is 5. The molecule has 2 saturated heterocycles. The summed E-state index contributed by atoms with van der Waals surface area (Å²) in [4.78, 5) is 25.8. The Kier molecular flexibility index (Phi) is 4.60. The maximum absolute atomic E-state index is 15.4. The summed E-state index contributed by atoms with van der Waals surface area (Å²) in [5.74, 6) is -0.544. The van der Waals surface area contributed by atoms with Crippen LogP contribution in [0.15, 0.2) is 17.1 Å². The number of ether oxygens (including phenoxy) is 3. The first-order valence-electron chi connectivity index (χ1n) is 10.3. The minimum atomic E-state index is -1.60. The van der Waals surface area contributed by atoms with Gasteiger partial charge in [-0.1, -0.05) is 0 Å². The number of nitrogens with zero attached hydrogens (tertiary/aromatic N) is 2. The van der Waals surface area contributed by atoms with Crippen molar-refractivity contribution >= 4 is 22.7 Å². The standard InChI is InChI=1S/C21H24FN3O6/c1-29-19-16-13(18(26)15(31-20(27)28)8-25(16)12-2-3-12)6-14(22)17(19)24-7-11-4-5-30-21(11,9-23)10-24/h6,8,11-12H,2-5,7,9-10,23H2,1H3,(H,27,28). The minimum absolute atomic E-state index is 0.0212. The molecule has 1 aromatic carbocycles. The summed E-state index contributed by atoms with van der Waals surface area (Å²) in [5, 5.41) is 9.00. The first-order valence-corrected chi connectivity index (χ1v) is 10.3. The smallest absolute Gasteiger partial charge is 0.492 e. The largest absolute Gasteiger partial charge is 0.511 e. The number of anilines is 1. The van der Waals surface area contributed by atoms with Crippen molar-refractivity contribution in [1.82, 2.24) is 4.57 Å². The summed E-state index contributed by atoms with van der Waals surface area (Å²) < 4.78 is 33.5. The van der Waals surface area contributed by atoms with Gasteiger partial charge in [-0.05, 0) is 25.3 Å². The number of pyridine rings is 1. The predicted octanol–water partition coefficient (Wildman–Crippen LogP) is 2.09. The minimum Gasteiger partial charge on any atom is -0.492 e. The molecule has 2 aromatic rings. The van der Waals surface area contributed by atoms with E-state index in [2.05, 4.69) is 4.74 Å². The van der Waals surface area contributed by atoms with Crippen molar-refractivity contribution in [3.05, 3.63) is 28.3 Å². The molecule has 1 saturated carbocycles. The zero-order valence-electron chi connectivity index (χ0n) is 17.1. The number of methoxy groups -OCH3 is 1. The summed E-state index contributed by atoms with van der Waals surface area (Å²) in [7, 11) is 1.44. The van der Waals surface area contributed by atoms with Crippen molar-refractivity contribution in [3.8, 4) is 11.5 Å². The van der Waals surface area contributed by atoms with Crippen LogP contribution >= 0.6 is 0 Å². The molecule has 2 atom stereocenters. The number of halogens is 1. The molecule has 5 rings (SSSR count). The molecule has 2 unspecified atom stereocenters. The number of carbonyl (C=O) groups is 1. The summed E-state index contributed by atoms with van der Waals surface area (Å²) in [6.45, 7) is 1.99. The van der Waals surface area contributed by atoms with Gasteiger partial charge in [0.15, 0.2) is 17.3 Å². The first kappa shape index (κ1) is 20.1. The van der Waals surface area contributed by atoms with Gasteiger partial charge in [-0.2, -0.15) is 0 Å². The Morgan fingerprint density at radius 3 is 2.81 bits per heavy atom. The molecule has 0 amide bonds. The second-order valence-corrected chi connectivity index (χ2v) is 8.45. The van der Waals surface area contributed by atoms with Gasteiger partial charge in [0, 0.05) is 38.2 Å².